The van der Waals surface area contributed by atoms with Gasteiger partial charge in [0.2, 0.25) is 0 Å². The molecular formula is C24H29F4N3O3. The van der Waals surface area contributed by atoms with E-state index in [0.717, 1.165) is 5.69 Å². The van der Waals surface area contributed by atoms with Gasteiger partial charge in [-0.2, -0.15) is 13.2 Å². The molecule has 0 saturated carbocycles. The largest absolute Gasteiger partial charge is 0.455 e. The van der Waals surface area contributed by atoms with E-state index in [9.17, 15) is 17.6 Å². The molecule has 34 heavy (non-hydrogen) atoms. The lowest BCUT2D eigenvalue weighted by molar-refractivity contribution is -0.135. The summed E-state index contributed by atoms with van der Waals surface area (Å²) in [5, 5.41) is 0. The number of nitrogens with zero attached hydrogens (tertiary/aromatic N) is 3. The first-order chi connectivity index (χ1) is 15.8. The second kappa shape index (κ2) is 10.2. The number of aromatic nitrogens is 2. The summed E-state index contributed by atoms with van der Waals surface area (Å²) in [7, 11) is 0. The first-order valence-corrected chi connectivity index (χ1v) is 10.8. The van der Waals surface area contributed by atoms with Crippen LogP contribution in [0.25, 0.3) is 5.65 Å². The molecule has 0 unspecified atom stereocenters. The lowest BCUT2D eigenvalue weighted by atomic mass is 10.2. The van der Waals surface area contributed by atoms with Gasteiger partial charge >= 0.3 is 6.18 Å². The van der Waals surface area contributed by atoms with E-state index in [4.69, 9.17) is 14.2 Å². The first kappa shape index (κ1) is 25.8. The number of fused-ring (bicyclic) bond motifs is 1. The van der Waals surface area contributed by atoms with Crippen LogP contribution in [0.4, 0.5) is 23.2 Å². The third-order valence-electron chi connectivity index (χ3n) is 4.95. The number of rotatable bonds is 9. The molecule has 6 nitrogen and oxygen atoms in total. The Morgan fingerprint density at radius 1 is 1.09 bits per heavy atom. The lowest BCUT2D eigenvalue weighted by Gasteiger charge is -2.27. The molecule has 0 spiro atoms. The van der Waals surface area contributed by atoms with Crippen molar-refractivity contribution < 1.29 is 31.8 Å². The molecule has 10 heteroatoms. The molecule has 0 bridgehead atoms. The highest BCUT2D eigenvalue weighted by molar-refractivity contribution is 5.71. The summed E-state index contributed by atoms with van der Waals surface area (Å²) in [5.41, 5.74) is 1.84. The minimum absolute atomic E-state index is 0.0888. The van der Waals surface area contributed by atoms with Crippen LogP contribution in [0.3, 0.4) is 0 Å². The second-order valence-electron chi connectivity index (χ2n) is 9.00. The van der Waals surface area contributed by atoms with Crippen LogP contribution >= 0.6 is 0 Å². The van der Waals surface area contributed by atoms with E-state index < -0.39 is 24.0 Å². The zero-order valence-corrected chi connectivity index (χ0v) is 19.9. The van der Waals surface area contributed by atoms with E-state index >= 15 is 0 Å². The van der Waals surface area contributed by atoms with Gasteiger partial charge in [-0.1, -0.05) is 6.07 Å². The van der Waals surface area contributed by atoms with Gasteiger partial charge in [0.25, 0.3) is 0 Å². The van der Waals surface area contributed by atoms with Crippen molar-refractivity contribution in [3.63, 3.8) is 0 Å². The summed E-state index contributed by atoms with van der Waals surface area (Å²) in [5.74, 6) is 0.166. The van der Waals surface area contributed by atoms with Crippen LogP contribution in [-0.2, 0) is 9.47 Å². The van der Waals surface area contributed by atoms with Gasteiger partial charge in [-0.15, -0.1) is 0 Å². The Balaban J connectivity index is 1.96. The lowest BCUT2D eigenvalue weighted by Crippen LogP contribution is -2.32. The highest BCUT2D eigenvalue weighted by Gasteiger charge is 2.29. The van der Waals surface area contributed by atoms with Gasteiger partial charge in [0, 0.05) is 30.6 Å². The average Bonchev–Trinajstić information content (AvgIpc) is 3.09. The molecule has 0 amide bonds. The molecule has 0 saturated heterocycles. The van der Waals surface area contributed by atoms with Crippen LogP contribution < -0.4 is 9.64 Å². The third-order valence-corrected chi connectivity index (χ3v) is 4.95. The standard InChI is InChI=1S/C24H29F4N3O3/c1-16-6-7-18(25)10-21(16)34-19-11-20(22-29-12-17(2)31(22)13-19)30(9-8-24(26,27)28)14-32-15-33-23(3,4)5/h6-7,10-13H,8-9,14-15H2,1-5H3. The third kappa shape index (κ3) is 7.07. The molecule has 0 aliphatic heterocycles. The van der Waals surface area contributed by atoms with E-state index in [1.54, 1.807) is 35.9 Å². The Kier molecular flexibility index (Phi) is 7.72. The fraction of sp³-hybridized carbons (Fsp3) is 0.458. The minimum atomic E-state index is -4.35. The number of ether oxygens (including phenoxy) is 3. The molecule has 3 rings (SSSR count). The number of imidazole rings is 1. The number of pyridine rings is 1. The number of hydrogen-bond donors (Lipinski definition) is 0. The molecule has 0 aliphatic rings. The number of benzene rings is 1. The molecule has 0 N–H and O–H groups in total. The van der Waals surface area contributed by atoms with Gasteiger partial charge < -0.3 is 19.1 Å². The Hall–Kier alpha value is -2.85. The second-order valence-corrected chi connectivity index (χ2v) is 9.00. The van der Waals surface area contributed by atoms with Gasteiger partial charge in [0.15, 0.2) is 5.65 Å². The number of alkyl halides is 3. The van der Waals surface area contributed by atoms with Crippen molar-refractivity contribution in [2.75, 3.05) is 25.0 Å². The van der Waals surface area contributed by atoms with Crippen LogP contribution in [0.5, 0.6) is 11.5 Å². The van der Waals surface area contributed by atoms with Gasteiger partial charge in [-0.05, 0) is 46.2 Å². The van der Waals surface area contributed by atoms with Gasteiger partial charge in [0.05, 0.1) is 23.9 Å². The summed E-state index contributed by atoms with van der Waals surface area (Å²) in [4.78, 5) is 5.81. The Bertz CT molecular complexity index is 1120. The summed E-state index contributed by atoms with van der Waals surface area (Å²) in [6.45, 7) is 8.54. The number of hydrogen-bond acceptors (Lipinski definition) is 5. The predicted molar refractivity (Wildman–Crippen MR) is 121 cm³/mol. The topological polar surface area (TPSA) is 48.2 Å². The van der Waals surface area contributed by atoms with Crippen LogP contribution in [0.2, 0.25) is 0 Å². The van der Waals surface area contributed by atoms with Crippen molar-refractivity contribution in [1.82, 2.24) is 9.38 Å². The number of halogens is 4. The Morgan fingerprint density at radius 2 is 1.82 bits per heavy atom. The van der Waals surface area contributed by atoms with E-state index in [-0.39, 0.29) is 20.1 Å². The maximum Gasteiger partial charge on any atom is 0.390 e. The van der Waals surface area contributed by atoms with Crippen molar-refractivity contribution in [1.29, 1.82) is 0 Å². The number of anilines is 1. The molecule has 0 aliphatic carbocycles. The fourth-order valence-electron chi connectivity index (χ4n) is 3.14. The van der Waals surface area contributed by atoms with Crippen LogP contribution in [0, 0.1) is 19.7 Å². The molecule has 2 aromatic heterocycles. The van der Waals surface area contributed by atoms with Gasteiger partial charge in [-0.3, -0.25) is 4.40 Å². The maximum atomic E-state index is 13.8. The fourth-order valence-corrected chi connectivity index (χ4v) is 3.14. The molecule has 3 aromatic rings. The quantitative estimate of drug-likeness (QED) is 0.201. The van der Waals surface area contributed by atoms with Crippen molar-refractivity contribution in [2.24, 2.45) is 0 Å². The molecule has 1 aromatic carbocycles. The summed E-state index contributed by atoms with van der Waals surface area (Å²) in [6, 6.07) is 5.75. The van der Waals surface area contributed by atoms with Crippen molar-refractivity contribution in [2.45, 2.75) is 52.8 Å². The van der Waals surface area contributed by atoms with E-state index in [0.29, 0.717) is 28.4 Å². The molecule has 2 heterocycles. The molecule has 0 atom stereocenters. The predicted octanol–water partition coefficient (Wildman–Crippen LogP) is 6.39. The summed E-state index contributed by atoms with van der Waals surface area (Å²) in [6.07, 6.45) is -2.12. The van der Waals surface area contributed by atoms with Crippen LogP contribution in [-0.4, -0.2) is 41.2 Å². The Labute approximate surface area is 196 Å². The Morgan fingerprint density at radius 3 is 2.50 bits per heavy atom. The van der Waals surface area contributed by atoms with E-state index in [1.165, 1.54) is 17.0 Å². The highest BCUT2D eigenvalue weighted by atomic mass is 19.4. The zero-order chi connectivity index (χ0) is 25.1. The number of aryl methyl sites for hydroxylation is 2. The molecule has 0 fully saturated rings. The first-order valence-electron chi connectivity index (χ1n) is 10.8. The van der Waals surface area contributed by atoms with Crippen LogP contribution in [0.15, 0.2) is 36.7 Å². The molecule has 186 valence electrons. The van der Waals surface area contributed by atoms with E-state index in [2.05, 4.69) is 4.98 Å². The van der Waals surface area contributed by atoms with Crippen molar-refractivity contribution in [3.8, 4) is 11.5 Å². The van der Waals surface area contributed by atoms with Crippen molar-refractivity contribution >= 4 is 11.3 Å². The van der Waals surface area contributed by atoms with E-state index in [1.807, 2.05) is 27.7 Å². The minimum Gasteiger partial charge on any atom is -0.455 e. The van der Waals surface area contributed by atoms with Crippen LogP contribution in [0.1, 0.15) is 38.4 Å². The SMILES string of the molecule is Cc1ccc(F)cc1Oc1cc(N(CCC(F)(F)F)COCOC(C)(C)C)c2ncc(C)n2c1. The average molecular weight is 484 g/mol. The highest BCUT2D eigenvalue weighted by Crippen LogP contribution is 2.33. The molecular weight excluding hydrogens is 454 g/mol. The monoisotopic (exact) mass is 483 g/mol. The van der Waals surface area contributed by atoms with Gasteiger partial charge in [-0.25, -0.2) is 9.37 Å². The van der Waals surface area contributed by atoms with Gasteiger partial charge in [0.1, 0.15) is 30.8 Å². The smallest absolute Gasteiger partial charge is 0.390 e. The summed E-state index contributed by atoms with van der Waals surface area (Å²) >= 11 is 0. The molecule has 0 radical (unpaired) electrons. The normalized spacial score (nSPS) is 12.4. The zero-order valence-electron chi connectivity index (χ0n) is 19.9. The summed E-state index contributed by atoms with van der Waals surface area (Å²) < 4.78 is 71.7. The van der Waals surface area contributed by atoms with Crippen molar-refractivity contribution in [3.05, 3.63) is 53.7 Å². The maximum absolute atomic E-state index is 13.8.